The number of piperidine rings is 1. The number of nitrogens with zero attached hydrogens (tertiary/aromatic N) is 1. The molecule has 0 bridgehead atoms. The van der Waals surface area contributed by atoms with Crippen molar-refractivity contribution in [2.75, 3.05) is 19.6 Å². The van der Waals surface area contributed by atoms with Crippen molar-refractivity contribution in [3.63, 3.8) is 0 Å². The van der Waals surface area contributed by atoms with E-state index in [1.807, 2.05) is 11.0 Å². The maximum atomic E-state index is 12.0. The van der Waals surface area contributed by atoms with Crippen molar-refractivity contribution in [2.24, 2.45) is 0 Å². The number of hydrogen-bond donors (Lipinski definition) is 1. The van der Waals surface area contributed by atoms with E-state index in [4.69, 9.17) is 23.2 Å². The van der Waals surface area contributed by atoms with Gasteiger partial charge in [0, 0.05) is 35.2 Å². The lowest BCUT2D eigenvalue weighted by molar-refractivity contribution is -0.131. The normalized spacial score (nSPS) is 15.6. The van der Waals surface area contributed by atoms with Gasteiger partial charge in [0.05, 0.1) is 6.54 Å². The van der Waals surface area contributed by atoms with Gasteiger partial charge in [-0.15, -0.1) is 0 Å². The summed E-state index contributed by atoms with van der Waals surface area (Å²) in [5, 5.41) is 4.38. The summed E-state index contributed by atoms with van der Waals surface area (Å²) in [7, 11) is 0. The van der Waals surface area contributed by atoms with E-state index in [1.54, 1.807) is 12.1 Å². The highest BCUT2D eigenvalue weighted by Gasteiger charge is 2.16. The second kappa shape index (κ2) is 7.13. The summed E-state index contributed by atoms with van der Waals surface area (Å²) in [5.74, 6) is 0.155. The van der Waals surface area contributed by atoms with Crippen LogP contribution in [-0.4, -0.2) is 30.4 Å². The molecule has 19 heavy (non-hydrogen) atoms. The lowest BCUT2D eigenvalue weighted by Gasteiger charge is -2.26. The summed E-state index contributed by atoms with van der Waals surface area (Å²) in [6, 6.07) is 5.42. The molecule has 1 N–H and O–H groups in total. The van der Waals surface area contributed by atoms with Gasteiger partial charge in [-0.1, -0.05) is 29.3 Å². The Hall–Kier alpha value is -0.770. The molecule has 1 aromatic carbocycles. The minimum absolute atomic E-state index is 0.155. The van der Waals surface area contributed by atoms with Crippen molar-refractivity contribution in [2.45, 2.75) is 25.8 Å². The molecule has 1 aromatic rings. The topological polar surface area (TPSA) is 32.3 Å². The molecular formula is C14H18Cl2N2O. The summed E-state index contributed by atoms with van der Waals surface area (Å²) in [5.41, 5.74) is 0.845. The first-order chi connectivity index (χ1) is 9.18. The van der Waals surface area contributed by atoms with Crippen LogP contribution in [0.1, 0.15) is 24.8 Å². The molecule has 0 unspecified atom stereocenters. The Balaban J connectivity index is 1.81. The number of hydrogen-bond acceptors (Lipinski definition) is 2. The highest BCUT2D eigenvalue weighted by molar-refractivity contribution is 6.35. The van der Waals surface area contributed by atoms with E-state index in [0.717, 1.165) is 31.5 Å². The van der Waals surface area contributed by atoms with Gasteiger partial charge < -0.3 is 10.2 Å². The van der Waals surface area contributed by atoms with E-state index in [1.165, 1.54) is 6.42 Å². The summed E-state index contributed by atoms with van der Waals surface area (Å²) < 4.78 is 0. The van der Waals surface area contributed by atoms with Crippen LogP contribution in [0.2, 0.25) is 10.0 Å². The Morgan fingerprint density at radius 1 is 1.16 bits per heavy atom. The van der Waals surface area contributed by atoms with Crippen molar-refractivity contribution in [3.8, 4) is 0 Å². The van der Waals surface area contributed by atoms with Gasteiger partial charge in [-0.2, -0.15) is 0 Å². The van der Waals surface area contributed by atoms with Gasteiger partial charge in [0.25, 0.3) is 0 Å². The number of benzene rings is 1. The summed E-state index contributed by atoms with van der Waals surface area (Å²) in [4.78, 5) is 13.9. The van der Waals surface area contributed by atoms with Crippen molar-refractivity contribution < 1.29 is 4.79 Å². The minimum atomic E-state index is 0.155. The fourth-order valence-corrected chi connectivity index (χ4v) is 2.78. The third-order valence-electron chi connectivity index (χ3n) is 3.35. The Bertz CT molecular complexity index is 425. The Labute approximate surface area is 123 Å². The van der Waals surface area contributed by atoms with Gasteiger partial charge in [-0.25, -0.2) is 0 Å². The fourth-order valence-electron chi connectivity index (χ4n) is 2.25. The molecule has 1 heterocycles. The molecule has 0 aromatic heterocycles. The molecule has 0 radical (unpaired) electrons. The average molecular weight is 301 g/mol. The van der Waals surface area contributed by atoms with Gasteiger partial charge in [0.2, 0.25) is 5.91 Å². The molecule has 0 atom stereocenters. The zero-order valence-corrected chi connectivity index (χ0v) is 12.3. The van der Waals surface area contributed by atoms with Crippen molar-refractivity contribution >= 4 is 29.1 Å². The van der Waals surface area contributed by atoms with Gasteiger partial charge >= 0.3 is 0 Å². The zero-order valence-electron chi connectivity index (χ0n) is 10.8. The first-order valence-corrected chi connectivity index (χ1v) is 7.35. The van der Waals surface area contributed by atoms with Gasteiger partial charge in [-0.05, 0) is 31.4 Å². The van der Waals surface area contributed by atoms with E-state index < -0.39 is 0 Å². The molecule has 2 rings (SSSR count). The molecule has 0 spiro atoms. The second-order valence-electron chi connectivity index (χ2n) is 4.75. The Morgan fingerprint density at radius 3 is 2.42 bits per heavy atom. The van der Waals surface area contributed by atoms with Crippen LogP contribution in [0.4, 0.5) is 0 Å². The van der Waals surface area contributed by atoms with Crippen molar-refractivity contribution in [1.82, 2.24) is 10.2 Å². The van der Waals surface area contributed by atoms with Crippen LogP contribution in [0.3, 0.4) is 0 Å². The monoisotopic (exact) mass is 300 g/mol. The van der Waals surface area contributed by atoms with Crippen LogP contribution in [0.15, 0.2) is 18.2 Å². The molecule has 3 nitrogen and oxygen atoms in total. The highest BCUT2D eigenvalue weighted by Crippen LogP contribution is 2.23. The van der Waals surface area contributed by atoms with E-state index in [0.29, 0.717) is 23.1 Å². The lowest BCUT2D eigenvalue weighted by Crippen LogP contribution is -2.41. The highest BCUT2D eigenvalue weighted by atomic mass is 35.5. The van der Waals surface area contributed by atoms with Crippen molar-refractivity contribution in [1.29, 1.82) is 0 Å². The lowest BCUT2D eigenvalue weighted by atomic mass is 10.1. The molecular weight excluding hydrogens is 283 g/mol. The predicted octanol–water partition coefficient (Wildman–Crippen LogP) is 3.10. The number of rotatable bonds is 4. The molecule has 0 saturated carbocycles. The molecule has 1 amide bonds. The average Bonchev–Trinajstić information content (AvgIpc) is 2.43. The molecule has 1 aliphatic heterocycles. The largest absolute Gasteiger partial charge is 0.342 e. The SMILES string of the molecule is O=C(CNCc1c(Cl)cccc1Cl)N1CCCCC1. The first-order valence-electron chi connectivity index (χ1n) is 6.60. The number of carbonyl (C=O) groups excluding carboxylic acids is 1. The molecule has 0 aliphatic carbocycles. The van der Waals surface area contributed by atoms with Gasteiger partial charge in [-0.3, -0.25) is 4.79 Å². The van der Waals surface area contributed by atoms with E-state index in [-0.39, 0.29) is 5.91 Å². The maximum absolute atomic E-state index is 12.0. The number of likely N-dealkylation sites (tertiary alicyclic amines) is 1. The second-order valence-corrected chi connectivity index (χ2v) is 5.56. The predicted molar refractivity (Wildman–Crippen MR) is 78.6 cm³/mol. The molecule has 5 heteroatoms. The smallest absolute Gasteiger partial charge is 0.236 e. The number of amides is 1. The molecule has 1 saturated heterocycles. The first kappa shape index (κ1) is 14.6. The van der Waals surface area contributed by atoms with Gasteiger partial charge in [0.1, 0.15) is 0 Å². The van der Waals surface area contributed by atoms with E-state index in [2.05, 4.69) is 5.32 Å². The van der Waals surface area contributed by atoms with Crippen LogP contribution in [0, 0.1) is 0 Å². The fraction of sp³-hybridized carbons (Fsp3) is 0.500. The quantitative estimate of drug-likeness (QED) is 0.927. The maximum Gasteiger partial charge on any atom is 0.236 e. The Kier molecular flexibility index (Phi) is 5.49. The van der Waals surface area contributed by atoms with Crippen LogP contribution in [0.5, 0.6) is 0 Å². The van der Waals surface area contributed by atoms with E-state index >= 15 is 0 Å². The number of halogens is 2. The third kappa shape index (κ3) is 4.10. The van der Waals surface area contributed by atoms with Crippen molar-refractivity contribution in [3.05, 3.63) is 33.8 Å². The summed E-state index contributed by atoms with van der Waals surface area (Å²) >= 11 is 12.1. The number of nitrogens with one attached hydrogen (secondary N) is 1. The van der Waals surface area contributed by atoms with Crippen LogP contribution < -0.4 is 5.32 Å². The standard InChI is InChI=1S/C14H18Cl2N2O/c15-12-5-4-6-13(16)11(12)9-17-10-14(19)18-7-2-1-3-8-18/h4-6,17H,1-3,7-10H2. The molecule has 1 fully saturated rings. The Morgan fingerprint density at radius 2 is 1.79 bits per heavy atom. The zero-order chi connectivity index (χ0) is 13.7. The summed E-state index contributed by atoms with van der Waals surface area (Å²) in [6.07, 6.45) is 3.45. The van der Waals surface area contributed by atoms with Crippen LogP contribution >= 0.6 is 23.2 Å². The third-order valence-corrected chi connectivity index (χ3v) is 4.06. The minimum Gasteiger partial charge on any atom is -0.342 e. The van der Waals surface area contributed by atoms with Gasteiger partial charge in [0.15, 0.2) is 0 Å². The number of carbonyl (C=O) groups is 1. The summed E-state index contributed by atoms with van der Waals surface area (Å²) in [6.45, 7) is 2.61. The molecule has 104 valence electrons. The van der Waals surface area contributed by atoms with E-state index in [9.17, 15) is 4.79 Å². The van der Waals surface area contributed by atoms with Crippen LogP contribution in [0.25, 0.3) is 0 Å². The molecule has 1 aliphatic rings. The van der Waals surface area contributed by atoms with Crippen LogP contribution in [-0.2, 0) is 11.3 Å².